The third-order valence-electron chi connectivity index (χ3n) is 4.47. The average molecular weight is 339 g/mol. The van der Waals surface area contributed by atoms with Gasteiger partial charge in [0.25, 0.3) is 0 Å². The van der Waals surface area contributed by atoms with E-state index in [0.29, 0.717) is 0 Å². The highest BCUT2D eigenvalue weighted by molar-refractivity contribution is 5.81. The summed E-state index contributed by atoms with van der Waals surface area (Å²) < 4.78 is 5.37. The number of hydrogen-bond donors (Lipinski definition) is 2. The number of likely N-dealkylation sites (tertiary alicyclic amines) is 1. The van der Waals surface area contributed by atoms with Crippen molar-refractivity contribution in [3.05, 3.63) is 0 Å². The van der Waals surface area contributed by atoms with Gasteiger partial charge in [0.05, 0.1) is 19.8 Å². The summed E-state index contributed by atoms with van der Waals surface area (Å²) in [4.78, 5) is 21.1. The van der Waals surface area contributed by atoms with Crippen molar-refractivity contribution in [3.8, 4) is 0 Å². The van der Waals surface area contributed by atoms with Gasteiger partial charge in [0.15, 0.2) is 5.96 Å². The van der Waals surface area contributed by atoms with Crippen molar-refractivity contribution in [2.75, 3.05) is 59.0 Å². The van der Waals surface area contributed by atoms with Gasteiger partial charge in [-0.05, 0) is 13.3 Å². The molecular formula is C17H33N5O2. The molecule has 24 heavy (non-hydrogen) atoms. The number of nitrogens with one attached hydrogen (secondary N) is 2. The first-order valence-corrected chi connectivity index (χ1v) is 9.24. The Morgan fingerprint density at radius 3 is 2.71 bits per heavy atom. The van der Waals surface area contributed by atoms with Crippen molar-refractivity contribution < 1.29 is 9.53 Å². The second-order valence-electron chi connectivity index (χ2n) is 6.78. The van der Waals surface area contributed by atoms with Gasteiger partial charge in [-0.3, -0.25) is 14.7 Å². The largest absolute Gasteiger partial charge is 0.379 e. The van der Waals surface area contributed by atoms with Crippen LogP contribution in [0, 0.1) is 5.92 Å². The number of rotatable bonds is 6. The van der Waals surface area contributed by atoms with Crippen LogP contribution in [0.5, 0.6) is 0 Å². The molecule has 138 valence electrons. The Bertz CT molecular complexity index is 421. The van der Waals surface area contributed by atoms with Gasteiger partial charge in [-0.15, -0.1) is 0 Å². The van der Waals surface area contributed by atoms with Crippen LogP contribution in [0.15, 0.2) is 4.99 Å². The summed E-state index contributed by atoms with van der Waals surface area (Å²) in [5, 5.41) is 6.79. The van der Waals surface area contributed by atoms with Gasteiger partial charge in [0.2, 0.25) is 5.91 Å². The van der Waals surface area contributed by atoms with Crippen LogP contribution < -0.4 is 10.6 Å². The molecule has 0 aromatic rings. The van der Waals surface area contributed by atoms with Crippen LogP contribution in [-0.4, -0.2) is 86.7 Å². The van der Waals surface area contributed by atoms with E-state index in [1.54, 1.807) is 0 Å². The SMILES string of the molecule is CCNC(=NCCN1CCOCC1)NC1CCN(C(=O)C(C)C)C1. The molecule has 7 heteroatoms. The maximum Gasteiger partial charge on any atom is 0.225 e. The van der Waals surface area contributed by atoms with E-state index >= 15 is 0 Å². The lowest BCUT2D eigenvalue weighted by molar-refractivity contribution is -0.133. The summed E-state index contributed by atoms with van der Waals surface area (Å²) in [5.41, 5.74) is 0. The van der Waals surface area contributed by atoms with Crippen molar-refractivity contribution in [1.29, 1.82) is 0 Å². The maximum atomic E-state index is 12.1. The van der Waals surface area contributed by atoms with Gasteiger partial charge in [0.1, 0.15) is 0 Å². The van der Waals surface area contributed by atoms with Crippen molar-refractivity contribution in [3.63, 3.8) is 0 Å². The minimum absolute atomic E-state index is 0.0687. The molecule has 2 rings (SSSR count). The van der Waals surface area contributed by atoms with Gasteiger partial charge in [0, 0.05) is 51.2 Å². The number of carbonyl (C=O) groups is 1. The molecule has 1 atom stereocenters. The van der Waals surface area contributed by atoms with Crippen molar-refractivity contribution in [2.45, 2.75) is 33.2 Å². The third-order valence-corrected chi connectivity index (χ3v) is 4.47. The topological polar surface area (TPSA) is 69.2 Å². The molecule has 7 nitrogen and oxygen atoms in total. The molecule has 0 aliphatic carbocycles. The number of nitrogens with zero attached hydrogens (tertiary/aromatic N) is 3. The van der Waals surface area contributed by atoms with Crippen molar-refractivity contribution in [2.24, 2.45) is 10.9 Å². The first kappa shape index (κ1) is 19.0. The van der Waals surface area contributed by atoms with E-state index in [4.69, 9.17) is 4.74 Å². The molecule has 0 bridgehead atoms. The van der Waals surface area contributed by atoms with Gasteiger partial charge in [-0.25, -0.2) is 0 Å². The molecule has 1 amide bonds. The van der Waals surface area contributed by atoms with E-state index in [0.717, 1.165) is 71.4 Å². The number of guanidine groups is 1. The van der Waals surface area contributed by atoms with Gasteiger partial charge in [-0.2, -0.15) is 0 Å². The van der Waals surface area contributed by atoms with Crippen LogP contribution in [0.3, 0.4) is 0 Å². The summed E-state index contributed by atoms with van der Waals surface area (Å²) in [5.74, 6) is 1.17. The molecule has 2 saturated heterocycles. The van der Waals surface area contributed by atoms with E-state index in [1.807, 2.05) is 18.7 Å². The maximum absolute atomic E-state index is 12.1. The molecular weight excluding hydrogens is 306 g/mol. The standard InChI is InChI=1S/C17H33N5O2/c1-4-18-17(19-6-8-21-9-11-24-12-10-21)20-15-5-7-22(13-15)16(23)14(2)3/h14-15H,4-13H2,1-3H3,(H2,18,19,20). The molecule has 2 aliphatic heterocycles. The van der Waals surface area contributed by atoms with Gasteiger partial charge < -0.3 is 20.3 Å². The summed E-state index contributed by atoms with van der Waals surface area (Å²) in [6, 6.07) is 0.286. The predicted molar refractivity (Wildman–Crippen MR) is 96.2 cm³/mol. The molecule has 1 unspecified atom stereocenters. The van der Waals surface area contributed by atoms with E-state index in [-0.39, 0.29) is 17.9 Å². The van der Waals surface area contributed by atoms with E-state index < -0.39 is 0 Å². The van der Waals surface area contributed by atoms with Gasteiger partial charge >= 0.3 is 0 Å². The smallest absolute Gasteiger partial charge is 0.225 e. The van der Waals surface area contributed by atoms with Gasteiger partial charge in [-0.1, -0.05) is 13.8 Å². The minimum Gasteiger partial charge on any atom is -0.379 e. The minimum atomic E-state index is 0.0687. The lowest BCUT2D eigenvalue weighted by Gasteiger charge is -2.26. The Hall–Kier alpha value is -1.34. The highest BCUT2D eigenvalue weighted by Gasteiger charge is 2.27. The molecule has 0 aromatic heterocycles. The zero-order valence-electron chi connectivity index (χ0n) is 15.4. The second-order valence-corrected chi connectivity index (χ2v) is 6.78. The van der Waals surface area contributed by atoms with Crippen LogP contribution in [0.2, 0.25) is 0 Å². The summed E-state index contributed by atoms with van der Waals surface area (Å²) in [6.45, 7) is 13.8. The Kier molecular flexibility index (Phi) is 7.78. The van der Waals surface area contributed by atoms with Crippen LogP contribution in [0.25, 0.3) is 0 Å². The van der Waals surface area contributed by atoms with Crippen LogP contribution in [0.4, 0.5) is 0 Å². The first-order chi connectivity index (χ1) is 11.6. The molecule has 2 heterocycles. The molecule has 0 spiro atoms. The molecule has 0 radical (unpaired) electrons. The Labute approximate surface area is 145 Å². The lowest BCUT2D eigenvalue weighted by Crippen LogP contribution is -2.45. The average Bonchev–Trinajstić information content (AvgIpc) is 3.03. The molecule has 2 aliphatic rings. The van der Waals surface area contributed by atoms with E-state index in [2.05, 4.69) is 27.4 Å². The fourth-order valence-corrected chi connectivity index (χ4v) is 3.08. The number of ether oxygens (including phenoxy) is 1. The monoisotopic (exact) mass is 339 g/mol. The Morgan fingerprint density at radius 2 is 2.04 bits per heavy atom. The fourth-order valence-electron chi connectivity index (χ4n) is 3.08. The number of aliphatic imine (C=N–C) groups is 1. The van der Waals surface area contributed by atoms with Crippen molar-refractivity contribution in [1.82, 2.24) is 20.4 Å². The lowest BCUT2D eigenvalue weighted by atomic mass is 10.2. The Balaban J connectivity index is 1.77. The number of hydrogen-bond acceptors (Lipinski definition) is 4. The fraction of sp³-hybridized carbons (Fsp3) is 0.882. The Morgan fingerprint density at radius 1 is 1.29 bits per heavy atom. The number of morpholine rings is 1. The number of carbonyl (C=O) groups excluding carboxylic acids is 1. The zero-order chi connectivity index (χ0) is 17.4. The zero-order valence-corrected chi connectivity index (χ0v) is 15.4. The molecule has 0 aromatic carbocycles. The number of amides is 1. The van der Waals surface area contributed by atoms with Crippen LogP contribution >= 0.6 is 0 Å². The van der Waals surface area contributed by atoms with E-state index in [1.165, 1.54) is 0 Å². The van der Waals surface area contributed by atoms with Crippen molar-refractivity contribution >= 4 is 11.9 Å². The van der Waals surface area contributed by atoms with E-state index in [9.17, 15) is 4.79 Å². The summed E-state index contributed by atoms with van der Waals surface area (Å²) in [7, 11) is 0. The molecule has 0 saturated carbocycles. The van der Waals surface area contributed by atoms with Crippen LogP contribution in [-0.2, 0) is 9.53 Å². The quantitative estimate of drug-likeness (QED) is 0.532. The first-order valence-electron chi connectivity index (χ1n) is 9.24. The summed E-state index contributed by atoms with van der Waals surface area (Å²) >= 11 is 0. The highest BCUT2D eigenvalue weighted by Crippen LogP contribution is 2.12. The third kappa shape index (κ3) is 5.94. The molecule has 2 N–H and O–H groups in total. The highest BCUT2D eigenvalue weighted by atomic mass is 16.5. The normalized spacial score (nSPS) is 22.9. The van der Waals surface area contributed by atoms with Crippen LogP contribution in [0.1, 0.15) is 27.2 Å². The predicted octanol–water partition coefficient (Wildman–Crippen LogP) is 0.131. The molecule has 2 fully saturated rings. The second kappa shape index (κ2) is 9.84. The summed E-state index contributed by atoms with van der Waals surface area (Å²) in [6.07, 6.45) is 0.979.